The van der Waals surface area contributed by atoms with E-state index in [9.17, 15) is 4.39 Å². The van der Waals surface area contributed by atoms with E-state index < -0.39 is 0 Å². The molecule has 2 nitrogen and oxygen atoms in total. The van der Waals surface area contributed by atoms with E-state index in [0.717, 1.165) is 10.5 Å². The van der Waals surface area contributed by atoms with Gasteiger partial charge in [0.15, 0.2) is 0 Å². The van der Waals surface area contributed by atoms with E-state index in [0.29, 0.717) is 5.56 Å². The van der Waals surface area contributed by atoms with Crippen molar-refractivity contribution in [1.29, 1.82) is 0 Å². The summed E-state index contributed by atoms with van der Waals surface area (Å²) in [5.74, 6) is -0.172. The monoisotopic (exact) mass is 300 g/mol. The van der Waals surface area contributed by atoms with Crippen LogP contribution in [0.15, 0.2) is 48.5 Å². The maximum atomic E-state index is 13.8. The van der Waals surface area contributed by atoms with Gasteiger partial charge in [0, 0.05) is 11.6 Å². The average molecular weight is 300 g/mol. The number of hydrogen-bond donors (Lipinski definition) is 1. The molecule has 4 heteroatoms. The van der Waals surface area contributed by atoms with Crippen LogP contribution in [0.3, 0.4) is 0 Å². The first kappa shape index (κ1) is 14.2. The molecule has 3 rings (SSSR count). The minimum absolute atomic E-state index is 0.0618. The van der Waals surface area contributed by atoms with Crippen LogP contribution in [0.2, 0.25) is 0 Å². The van der Waals surface area contributed by atoms with Gasteiger partial charge in [0.2, 0.25) is 0 Å². The Hall–Kier alpha value is -1.78. The minimum atomic E-state index is -0.172. The lowest BCUT2D eigenvalue weighted by Gasteiger charge is -2.19. The zero-order chi connectivity index (χ0) is 14.8. The normalized spacial score (nSPS) is 14.2. The highest BCUT2D eigenvalue weighted by Crippen LogP contribution is 2.28. The van der Waals surface area contributed by atoms with Crippen LogP contribution in [-0.4, -0.2) is 4.98 Å². The first-order valence-electron chi connectivity index (χ1n) is 7.01. The zero-order valence-electron chi connectivity index (χ0n) is 12.0. The number of aromatic nitrogens is 1. The third-order valence-electron chi connectivity index (χ3n) is 3.55. The number of nitrogens with one attached hydrogen (secondary N) is 1. The molecule has 0 saturated heterocycles. The first-order valence-corrected chi connectivity index (χ1v) is 7.83. The van der Waals surface area contributed by atoms with Crippen LogP contribution in [0, 0.1) is 5.82 Å². The van der Waals surface area contributed by atoms with Crippen LogP contribution in [0.4, 0.5) is 4.39 Å². The number of fused-ring (bicyclic) bond motifs is 1. The lowest BCUT2D eigenvalue weighted by atomic mass is 10.1. The molecule has 0 amide bonds. The Morgan fingerprint density at radius 3 is 2.48 bits per heavy atom. The predicted octanol–water partition coefficient (Wildman–Crippen LogP) is 4.85. The largest absolute Gasteiger partial charge is 0.301 e. The molecule has 3 aromatic rings. The highest BCUT2D eigenvalue weighted by molar-refractivity contribution is 7.18. The third-order valence-corrected chi connectivity index (χ3v) is 4.77. The zero-order valence-corrected chi connectivity index (χ0v) is 12.8. The second-order valence-corrected chi connectivity index (χ2v) is 6.21. The van der Waals surface area contributed by atoms with E-state index in [-0.39, 0.29) is 17.9 Å². The van der Waals surface area contributed by atoms with Gasteiger partial charge >= 0.3 is 0 Å². The molecule has 1 N–H and O–H groups in total. The molecule has 0 radical (unpaired) electrons. The molecule has 2 unspecified atom stereocenters. The van der Waals surface area contributed by atoms with Crippen molar-refractivity contribution in [3.63, 3.8) is 0 Å². The highest BCUT2D eigenvalue weighted by Gasteiger charge is 2.16. The molecule has 0 bridgehead atoms. The van der Waals surface area contributed by atoms with Crippen LogP contribution in [0.25, 0.3) is 10.2 Å². The van der Waals surface area contributed by atoms with Crippen LogP contribution >= 0.6 is 11.3 Å². The van der Waals surface area contributed by atoms with E-state index in [1.807, 2.05) is 37.3 Å². The van der Waals surface area contributed by atoms with Crippen molar-refractivity contribution in [3.8, 4) is 0 Å². The van der Waals surface area contributed by atoms with Gasteiger partial charge in [-0.05, 0) is 32.0 Å². The van der Waals surface area contributed by atoms with Crippen molar-refractivity contribution in [2.24, 2.45) is 0 Å². The summed E-state index contributed by atoms with van der Waals surface area (Å²) in [7, 11) is 0. The van der Waals surface area contributed by atoms with Crippen LogP contribution in [0.1, 0.15) is 36.5 Å². The smallest absolute Gasteiger partial charge is 0.127 e. The fraction of sp³-hybridized carbons (Fsp3) is 0.235. The maximum absolute atomic E-state index is 13.8. The van der Waals surface area contributed by atoms with E-state index in [4.69, 9.17) is 0 Å². The number of halogens is 1. The van der Waals surface area contributed by atoms with Crippen LogP contribution < -0.4 is 5.32 Å². The lowest BCUT2D eigenvalue weighted by Crippen LogP contribution is -2.23. The van der Waals surface area contributed by atoms with Crippen molar-refractivity contribution < 1.29 is 4.39 Å². The number of rotatable bonds is 4. The summed E-state index contributed by atoms with van der Waals surface area (Å²) in [5.41, 5.74) is 1.70. The van der Waals surface area contributed by atoms with Crippen molar-refractivity contribution in [2.75, 3.05) is 0 Å². The van der Waals surface area contributed by atoms with E-state index >= 15 is 0 Å². The number of benzene rings is 2. The maximum Gasteiger partial charge on any atom is 0.127 e. The Bertz CT molecular complexity index is 720. The molecule has 0 spiro atoms. The molecule has 0 aliphatic heterocycles. The van der Waals surface area contributed by atoms with E-state index in [1.165, 1.54) is 10.8 Å². The molecule has 21 heavy (non-hydrogen) atoms. The molecule has 108 valence electrons. The summed E-state index contributed by atoms with van der Waals surface area (Å²) >= 11 is 1.68. The van der Waals surface area contributed by atoms with Gasteiger partial charge in [-0.3, -0.25) is 0 Å². The Balaban J connectivity index is 1.79. The third kappa shape index (κ3) is 2.96. The molecular formula is C17H17FN2S. The topological polar surface area (TPSA) is 24.9 Å². The summed E-state index contributed by atoms with van der Waals surface area (Å²) in [5, 5.41) is 4.45. The second kappa shape index (κ2) is 5.92. The minimum Gasteiger partial charge on any atom is -0.301 e. The van der Waals surface area contributed by atoms with Gasteiger partial charge in [-0.15, -0.1) is 11.3 Å². The Labute approximate surface area is 127 Å². The Kier molecular flexibility index (Phi) is 3.99. The Morgan fingerprint density at radius 1 is 1.00 bits per heavy atom. The highest BCUT2D eigenvalue weighted by atomic mass is 32.1. The van der Waals surface area contributed by atoms with Gasteiger partial charge in [0.05, 0.1) is 16.3 Å². The summed E-state index contributed by atoms with van der Waals surface area (Å²) in [4.78, 5) is 4.64. The predicted molar refractivity (Wildman–Crippen MR) is 86.0 cm³/mol. The van der Waals surface area contributed by atoms with Crippen molar-refractivity contribution >= 4 is 21.6 Å². The molecular weight excluding hydrogens is 283 g/mol. The molecule has 1 aromatic heterocycles. The summed E-state index contributed by atoms with van der Waals surface area (Å²) in [6, 6.07) is 15.0. The van der Waals surface area contributed by atoms with Crippen molar-refractivity contribution in [1.82, 2.24) is 10.3 Å². The molecule has 0 aliphatic rings. The second-order valence-electron chi connectivity index (χ2n) is 5.15. The molecule has 2 atom stereocenters. The van der Waals surface area contributed by atoms with Gasteiger partial charge in [0.25, 0.3) is 0 Å². The quantitative estimate of drug-likeness (QED) is 0.745. The fourth-order valence-corrected chi connectivity index (χ4v) is 3.42. The van der Waals surface area contributed by atoms with E-state index in [2.05, 4.69) is 23.3 Å². The van der Waals surface area contributed by atoms with E-state index in [1.54, 1.807) is 17.4 Å². The van der Waals surface area contributed by atoms with Gasteiger partial charge < -0.3 is 5.32 Å². The number of nitrogens with zero attached hydrogens (tertiary/aromatic N) is 1. The van der Waals surface area contributed by atoms with Crippen LogP contribution in [0.5, 0.6) is 0 Å². The average Bonchev–Trinajstić information content (AvgIpc) is 2.91. The number of thiazole rings is 1. The van der Waals surface area contributed by atoms with Gasteiger partial charge in [-0.2, -0.15) is 0 Å². The molecule has 0 aliphatic carbocycles. The van der Waals surface area contributed by atoms with Gasteiger partial charge in [-0.25, -0.2) is 9.37 Å². The summed E-state index contributed by atoms with van der Waals surface area (Å²) in [6.07, 6.45) is 0. The standard InChI is InChI=1S/C17H17FN2S/c1-11(13-7-3-4-8-14(13)18)19-12(2)17-20-15-9-5-6-10-16(15)21-17/h3-12,19H,1-2H3. The van der Waals surface area contributed by atoms with Gasteiger partial charge in [0.1, 0.15) is 10.8 Å². The Morgan fingerprint density at radius 2 is 1.71 bits per heavy atom. The molecule has 1 heterocycles. The van der Waals surface area contributed by atoms with Gasteiger partial charge in [-0.1, -0.05) is 30.3 Å². The molecule has 0 fully saturated rings. The SMILES string of the molecule is CC(NC(C)c1ccccc1F)c1nc2ccccc2s1. The molecule has 0 saturated carbocycles. The first-order chi connectivity index (χ1) is 10.1. The fourth-order valence-electron chi connectivity index (χ4n) is 2.44. The van der Waals surface area contributed by atoms with Crippen LogP contribution in [-0.2, 0) is 0 Å². The molecule has 2 aromatic carbocycles. The lowest BCUT2D eigenvalue weighted by molar-refractivity contribution is 0.473. The van der Waals surface area contributed by atoms with Crippen molar-refractivity contribution in [2.45, 2.75) is 25.9 Å². The summed E-state index contributed by atoms with van der Waals surface area (Å²) < 4.78 is 15.0. The number of para-hydroxylation sites is 1. The number of hydrogen-bond acceptors (Lipinski definition) is 3. The van der Waals surface area contributed by atoms with Crippen molar-refractivity contribution in [3.05, 3.63) is 64.9 Å². The summed E-state index contributed by atoms with van der Waals surface area (Å²) in [6.45, 7) is 4.04.